The summed E-state index contributed by atoms with van der Waals surface area (Å²) < 4.78 is 39.3. The van der Waals surface area contributed by atoms with Crippen molar-refractivity contribution in [3.63, 3.8) is 0 Å². The van der Waals surface area contributed by atoms with E-state index in [0.717, 1.165) is 91.4 Å². The predicted octanol–water partition coefficient (Wildman–Crippen LogP) is 7.99. The summed E-state index contributed by atoms with van der Waals surface area (Å²) in [5.74, 6) is 1.11. The summed E-state index contributed by atoms with van der Waals surface area (Å²) in [4.78, 5) is 80.0. The summed E-state index contributed by atoms with van der Waals surface area (Å²) in [6, 6.07) is 16.9. The molecule has 420 valence electrons. The van der Waals surface area contributed by atoms with E-state index in [9.17, 15) is 27.6 Å². The first kappa shape index (κ1) is 56.0. The van der Waals surface area contributed by atoms with E-state index in [1.807, 2.05) is 57.3 Å². The molecule has 1 aromatic carbocycles. The Kier molecular flexibility index (Phi) is 16.8. The summed E-state index contributed by atoms with van der Waals surface area (Å²) in [5, 5.41) is 5.08. The van der Waals surface area contributed by atoms with E-state index in [1.54, 1.807) is 63.6 Å². The number of aryl methyl sites for hydroxylation is 3. The van der Waals surface area contributed by atoms with Crippen LogP contribution in [0.15, 0.2) is 104 Å². The number of rotatable bonds is 13. The summed E-state index contributed by atoms with van der Waals surface area (Å²) in [6.45, 7) is 8.20. The van der Waals surface area contributed by atoms with E-state index in [-0.39, 0.29) is 42.8 Å². The highest BCUT2D eigenvalue weighted by Gasteiger charge is 2.30. The van der Waals surface area contributed by atoms with Gasteiger partial charge in [-0.25, -0.2) is 43.1 Å². The molecule has 10 heterocycles. The average molecular weight is 1130 g/mol. The third-order valence-corrected chi connectivity index (χ3v) is 15.1. The Balaban J connectivity index is 0.000000138. The maximum Gasteiger partial charge on any atom is 0.257 e. The topological polar surface area (TPSA) is 260 Å². The molecule has 7 aromatic heterocycles. The number of thiazole rings is 1. The fraction of sp³-hybridized carbons (Fsp3) is 0.288. The second kappa shape index (κ2) is 24.6. The van der Waals surface area contributed by atoms with E-state index in [4.69, 9.17) is 17.2 Å². The molecule has 3 amide bonds. The molecule has 0 atom stereocenters. The minimum Gasteiger partial charge on any atom is -0.397 e. The van der Waals surface area contributed by atoms with E-state index >= 15 is 0 Å². The Morgan fingerprint density at radius 3 is 1.59 bits per heavy atom. The smallest absolute Gasteiger partial charge is 0.257 e. The molecule has 19 nitrogen and oxygen atoms in total. The van der Waals surface area contributed by atoms with Crippen LogP contribution in [0.25, 0.3) is 27.4 Å². The van der Waals surface area contributed by atoms with Gasteiger partial charge in [-0.15, -0.1) is 11.3 Å². The quantitative estimate of drug-likeness (QED) is 0.0988. The van der Waals surface area contributed by atoms with Gasteiger partial charge >= 0.3 is 0 Å². The number of nitrogens with two attached hydrogens (primary N) is 3. The van der Waals surface area contributed by atoms with Gasteiger partial charge in [0.15, 0.2) is 0 Å². The first-order valence-electron chi connectivity index (χ1n) is 26.7. The molecular formula is C59H59F3N16O3S. The van der Waals surface area contributed by atoms with E-state index in [2.05, 4.69) is 51.0 Å². The van der Waals surface area contributed by atoms with Crippen LogP contribution in [0.3, 0.4) is 0 Å². The number of fused-ring (bicyclic) bond motifs is 3. The molecular weight excluding hydrogens is 1070 g/mol. The van der Waals surface area contributed by atoms with Crippen molar-refractivity contribution >= 4 is 51.7 Å². The number of allylic oxidation sites excluding steroid dienone is 4. The van der Waals surface area contributed by atoms with Crippen LogP contribution in [0.4, 0.5) is 30.2 Å². The van der Waals surface area contributed by atoms with E-state index in [0.29, 0.717) is 84.8 Å². The maximum absolute atomic E-state index is 13.2. The van der Waals surface area contributed by atoms with Crippen molar-refractivity contribution in [2.24, 2.45) is 0 Å². The number of halogens is 3. The van der Waals surface area contributed by atoms with Crippen molar-refractivity contribution in [2.45, 2.75) is 112 Å². The summed E-state index contributed by atoms with van der Waals surface area (Å²) in [7, 11) is 0. The monoisotopic (exact) mass is 1130 g/mol. The summed E-state index contributed by atoms with van der Waals surface area (Å²) in [5.41, 5.74) is 30.8. The zero-order valence-corrected chi connectivity index (χ0v) is 46.2. The molecule has 0 radical (unpaired) electrons. The number of nitrogen functional groups attached to an aromatic ring is 3. The van der Waals surface area contributed by atoms with Gasteiger partial charge in [-0.3, -0.25) is 29.0 Å². The standard InChI is InChI=1S/C21H20FN5O.C20H21N5O.C18H18F2N6OS/c1-2-20-24-10-14-11-27(12-19(14)26-20)21(28)9-18-16(23)7-8-17(25-18)13-3-5-15(22)6-4-13;1-2-19-22-10-14-11-25(12-18(14)24-19)20(26)9-17-15(21)7-8-16(23-17)13-5-3-4-6-13;1-10-22-5-16(28-10)13-3-2-12(21)14(23-13)4-18(27)25-6-11-7-26(9-17(19)20)24-15(11)8-25/h3-8,10H,2,9,11-12,23H2,1H3;3-5,7-8,10H,2,6,9,11-12,21H2,1H3;2-3,5,7,17H,4,6,8-9,21H2,1H3. The van der Waals surface area contributed by atoms with Crippen LogP contribution < -0.4 is 17.2 Å². The van der Waals surface area contributed by atoms with Gasteiger partial charge in [-0.05, 0) is 79.6 Å². The highest BCUT2D eigenvalue weighted by Crippen LogP contribution is 2.30. The highest BCUT2D eigenvalue weighted by atomic mass is 32.1. The van der Waals surface area contributed by atoms with Crippen LogP contribution in [-0.2, 0) is 92.3 Å². The van der Waals surface area contributed by atoms with Crippen LogP contribution in [0.5, 0.6) is 0 Å². The average Bonchev–Trinajstić information content (AvgIpc) is 4.50. The molecule has 12 rings (SSSR count). The molecule has 4 aliphatic rings. The van der Waals surface area contributed by atoms with E-state index < -0.39 is 13.0 Å². The van der Waals surface area contributed by atoms with Crippen LogP contribution >= 0.6 is 11.3 Å². The first-order valence-corrected chi connectivity index (χ1v) is 27.5. The van der Waals surface area contributed by atoms with Crippen molar-refractivity contribution in [3.8, 4) is 21.8 Å². The minimum atomic E-state index is -2.46. The molecule has 8 aromatic rings. The first-order chi connectivity index (χ1) is 39.5. The lowest BCUT2D eigenvalue weighted by Gasteiger charge is -2.16. The third-order valence-electron chi connectivity index (χ3n) is 14.2. The zero-order valence-electron chi connectivity index (χ0n) is 45.4. The molecule has 0 saturated heterocycles. The number of pyridine rings is 3. The van der Waals surface area contributed by atoms with Gasteiger partial charge in [0.05, 0.1) is 117 Å². The Morgan fingerprint density at radius 1 is 0.598 bits per heavy atom. The molecule has 0 unspecified atom stereocenters. The number of carbonyl (C=O) groups is 3. The van der Waals surface area contributed by atoms with Gasteiger partial charge in [-0.1, -0.05) is 32.1 Å². The van der Waals surface area contributed by atoms with Gasteiger partial charge in [0.25, 0.3) is 6.43 Å². The fourth-order valence-electron chi connectivity index (χ4n) is 9.64. The van der Waals surface area contributed by atoms with Gasteiger partial charge in [0.2, 0.25) is 17.7 Å². The van der Waals surface area contributed by atoms with Crippen LogP contribution in [0.2, 0.25) is 0 Å². The second-order valence-corrected chi connectivity index (χ2v) is 21.2. The van der Waals surface area contributed by atoms with Gasteiger partial charge in [-0.2, -0.15) is 5.10 Å². The Labute approximate surface area is 474 Å². The maximum atomic E-state index is 13.2. The zero-order chi connectivity index (χ0) is 57.6. The Morgan fingerprint density at radius 2 is 1.10 bits per heavy atom. The lowest BCUT2D eigenvalue weighted by atomic mass is 10.1. The Hall–Kier alpha value is -9.25. The Bertz CT molecular complexity index is 3750. The van der Waals surface area contributed by atoms with Crippen molar-refractivity contribution in [3.05, 3.63) is 183 Å². The number of anilines is 3. The third kappa shape index (κ3) is 13.2. The molecule has 1 aliphatic carbocycles. The number of benzene rings is 1. The van der Waals surface area contributed by atoms with Crippen molar-refractivity contribution in [1.29, 1.82) is 0 Å². The summed E-state index contributed by atoms with van der Waals surface area (Å²) in [6.07, 6.45) is 13.4. The van der Waals surface area contributed by atoms with E-state index in [1.165, 1.54) is 28.2 Å². The fourth-order valence-corrected chi connectivity index (χ4v) is 10.4. The number of hydrogen-bond acceptors (Lipinski definition) is 16. The molecule has 0 fully saturated rings. The lowest BCUT2D eigenvalue weighted by molar-refractivity contribution is -0.131. The molecule has 0 spiro atoms. The lowest BCUT2D eigenvalue weighted by Crippen LogP contribution is -2.28. The largest absolute Gasteiger partial charge is 0.397 e. The number of nitrogens with zero attached hydrogens (tertiary/aromatic N) is 13. The van der Waals surface area contributed by atoms with Crippen LogP contribution in [0, 0.1) is 12.7 Å². The van der Waals surface area contributed by atoms with Crippen molar-refractivity contribution in [1.82, 2.24) is 64.4 Å². The minimum absolute atomic E-state index is 0.0101. The van der Waals surface area contributed by atoms with Crippen LogP contribution in [0.1, 0.15) is 93.5 Å². The van der Waals surface area contributed by atoms with Crippen molar-refractivity contribution in [2.75, 3.05) is 17.2 Å². The normalized spacial score (nSPS) is 13.8. The number of hydrogen-bond donors (Lipinski definition) is 3. The molecule has 0 bridgehead atoms. The van der Waals surface area contributed by atoms with Gasteiger partial charge in [0.1, 0.15) is 24.0 Å². The summed E-state index contributed by atoms with van der Waals surface area (Å²) >= 11 is 1.52. The molecule has 0 saturated carbocycles. The second-order valence-electron chi connectivity index (χ2n) is 20.0. The van der Waals surface area contributed by atoms with Gasteiger partial charge in [0, 0.05) is 79.5 Å². The number of alkyl halides is 2. The molecule has 82 heavy (non-hydrogen) atoms. The van der Waals surface area contributed by atoms with Crippen molar-refractivity contribution < 1.29 is 27.6 Å². The highest BCUT2D eigenvalue weighted by molar-refractivity contribution is 7.15. The number of amides is 3. The number of carbonyl (C=O) groups excluding carboxylic acids is 3. The number of aromatic nitrogens is 10. The van der Waals surface area contributed by atoms with Crippen LogP contribution in [-0.4, -0.2) is 88.5 Å². The predicted molar refractivity (Wildman–Crippen MR) is 304 cm³/mol. The SMILES string of the molecule is CCc1ncc2c(n1)CN(C(=O)Cc1nc(-c3ccc(F)cc3)ccc1N)C2.CCc1ncc2c(n1)CN(C(=O)Cc1nc(C3=CC=CC3)ccc1N)C2.Cc1ncc(-c2ccc(N)c(CC(=O)N3Cc4cn(CC(F)F)nc4C3)n2)s1. The molecule has 23 heteroatoms. The van der Waals surface area contributed by atoms with Gasteiger partial charge < -0.3 is 31.9 Å². The molecule has 3 aliphatic heterocycles. The molecule has 6 N–H and O–H groups in total.